The molecule has 0 aliphatic carbocycles. The molecule has 2 aromatic carbocycles. The van der Waals surface area contributed by atoms with Crippen molar-refractivity contribution in [1.29, 1.82) is 0 Å². The fraction of sp³-hybridized carbons (Fsp3) is 0.241. The van der Waals surface area contributed by atoms with Gasteiger partial charge in [-0.2, -0.15) is 0 Å². The molecule has 35 heavy (non-hydrogen) atoms. The molecule has 0 atom stereocenters. The van der Waals surface area contributed by atoms with Gasteiger partial charge in [0.1, 0.15) is 0 Å². The SMILES string of the molecule is C=C/C(CN1CCC(N=[C]([Hg])NC(C)=O)=C(C(c2ccccc2)c2ccccc2)C1)=C(Br)\C=C/C. The topological polar surface area (TPSA) is 44.7 Å². The minimum atomic E-state index is -0.0596. The monoisotopic (exact) mass is 718 g/mol. The van der Waals surface area contributed by atoms with E-state index in [0.717, 1.165) is 45.2 Å². The van der Waals surface area contributed by atoms with Gasteiger partial charge in [-0.1, -0.05) is 0 Å². The third kappa shape index (κ3) is 7.96. The summed E-state index contributed by atoms with van der Waals surface area (Å²) in [5.74, 6) is 0.0307. The van der Waals surface area contributed by atoms with Gasteiger partial charge in [-0.3, -0.25) is 0 Å². The minimum absolute atomic E-state index is 0.0596. The number of nitrogens with one attached hydrogen (secondary N) is 1. The number of hydrogen-bond donors (Lipinski definition) is 1. The van der Waals surface area contributed by atoms with Gasteiger partial charge in [0.2, 0.25) is 0 Å². The molecule has 0 fully saturated rings. The molecule has 0 unspecified atom stereocenters. The van der Waals surface area contributed by atoms with Crippen molar-refractivity contribution in [3.8, 4) is 0 Å². The average molecular weight is 718 g/mol. The van der Waals surface area contributed by atoms with Crippen molar-refractivity contribution < 1.29 is 30.9 Å². The molecule has 4 nitrogen and oxygen atoms in total. The number of amidine groups is 1. The molecule has 0 radical (unpaired) electrons. The van der Waals surface area contributed by atoms with E-state index in [1.807, 2.05) is 19.1 Å². The van der Waals surface area contributed by atoms with Crippen LogP contribution in [0.3, 0.4) is 0 Å². The van der Waals surface area contributed by atoms with Crippen LogP contribution in [0.5, 0.6) is 0 Å². The number of halogens is 1. The summed E-state index contributed by atoms with van der Waals surface area (Å²) in [6.45, 7) is 10.1. The number of benzene rings is 2. The van der Waals surface area contributed by atoms with Crippen LogP contribution in [0.25, 0.3) is 0 Å². The number of amides is 1. The fourth-order valence-corrected chi connectivity index (χ4v) is 6.63. The van der Waals surface area contributed by atoms with Crippen molar-refractivity contribution in [2.75, 3.05) is 19.6 Å². The summed E-state index contributed by atoms with van der Waals surface area (Å²) in [7, 11) is 0. The molecule has 1 amide bonds. The Hall–Kier alpha value is -2.08. The van der Waals surface area contributed by atoms with Gasteiger partial charge >= 0.3 is 235 Å². The molecule has 0 aromatic heterocycles. The van der Waals surface area contributed by atoms with E-state index in [4.69, 9.17) is 4.99 Å². The van der Waals surface area contributed by atoms with Gasteiger partial charge in [0, 0.05) is 0 Å². The fourth-order valence-electron chi connectivity index (χ4n) is 4.37. The number of allylic oxidation sites excluding steroid dienone is 3. The second-order valence-electron chi connectivity index (χ2n) is 8.50. The molecule has 1 aliphatic heterocycles. The number of carbonyl (C=O) groups excluding carboxylic acids is 1. The van der Waals surface area contributed by atoms with E-state index >= 15 is 0 Å². The molecule has 0 bridgehead atoms. The molecular formula is C29H31BrHgN3O. The van der Waals surface area contributed by atoms with Crippen LogP contribution < -0.4 is 5.32 Å². The number of nitrogens with zero attached hydrogens (tertiary/aromatic N) is 2. The molecule has 1 heterocycles. The summed E-state index contributed by atoms with van der Waals surface area (Å²) in [6.07, 6.45) is 6.85. The van der Waals surface area contributed by atoms with E-state index < -0.39 is 0 Å². The molecule has 0 spiro atoms. The zero-order chi connectivity index (χ0) is 25.2. The van der Waals surface area contributed by atoms with Crippen LogP contribution in [0, 0.1) is 0 Å². The Morgan fingerprint density at radius 3 is 2.29 bits per heavy atom. The second kappa shape index (κ2) is 13.9. The van der Waals surface area contributed by atoms with Crippen molar-refractivity contribution >= 4 is 25.2 Å². The van der Waals surface area contributed by atoms with Crippen LogP contribution in [-0.4, -0.2) is 33.8 Å². The summed E-state index contributed by atoms with van der Waals surface area (Å²) in [5, 5.41) is 2.93. The standard InChI is InChI=1S/C29H31BrN3O.Hg/c1-4-12-27(30)23(5-2)19-33-18-17-28(32-21-31-22(3)34)26(20-33)29(24-13-8-6-9-14-24)25-15-10-7-11-16-25;/h4-16,29H,2,17-20H2,1,3H3,(H,31,32,34);/b12-4-,27-23-;. The molecular weight excluding hydrogens is 687 g/mol. The molecule has 3 rings (SSSR count). The molecule has 0 saturated carbocycles. The maximum atomic E-state index is 11.7. The Kier molecular flexibility index (Phi) is 10.9. The van der Waals surface area contributed by atoms with Crippen LogP contribution in [0.15, 0.2) is 112 Å². The molecule has 1 N–H and O–H groups in total. The number of hydrogen-bond acceptors (Lipinski definition) is 3. The molecule has 6 heteroatoms. The second-order valence-corrected chi connectivity index (χ2v) is 12.0. The van der Waals surface area contributed by atoms with Gasteiger partial charge in [-0.05, 0) is 0 Å². The zero-order valence-electron chi connectivity index (χ0n) is 20.5. The Morgan fingerprint density at radius 1 is 1.17 bits per heavy atom. The van der Waals surface area contributed by atoms with Gasteiger partial charge in [-0.15, -0.1) is 0 Å². The van der Waals surface area contributed by atoms with Gasteiger partial charge in [0.25, 0.3) is 0 Å². The van der Waals surface area contributed by atoms with Gasteiger partial charge in [0.05, 0.1) is 0 Å². The summed E-state index contributed by atoms with van der Waals surface area (Å²) < 4.78 is 1.88. The van der Waals surface area contributed by atoms with Gasteiger partial charge < -0.3 is 0 Å². The summed E-state index contributed by atoms with van der Waals surface area (Å²) in [6, 6.07) is 21.3. The van der Waals surface area contributed by atoms with Crippen LogP contribution >= 0.6 is 15.9 Å². The van der Waals surface area contributed by atoms with Crippen LogP contribution in [-0.2, 0) is 30.9 Å². The van der Waals surface area contributed by atoms with Gasteiger partial charge in [-0.25, -0.2) is 0 Å². The van der Waals surface area contributed by atoms with E-state index in [1.54, 1.807) is 6.92 Å². The summed E-state index contributed by atoms with van der Waals surface area (Å²) in [4.78, 5) is 19.1. The Labute approximate surface area is 233 Å². The van der Waals surface area contributed by atoms with E-state index in [1.165, 1.54) is 16.7 Å². The Morgan fingerprint density at radius 2 is 1.77 bits per heavy atom. The van der Waals surface area contributed by atoms with Crippen LogP contribution in [0.1, 0.15) is 37.3 Å². The first-order chi connectivity index (χ1) is 16.9. The van der Waals surface area contributed by atoms with Crippen LogP contribution in [0.2, 0.25) is 0 Å². The van der Waals surface area contributed by atoms with Crippen molar-refractivity contribution in [3.63, 3.8) is 0 Å². The normalized spacial score (nSPS) is 16.0. The number of carbonyl (C=O) groups is 1. The number of rotatable bonds is 8. The Balaban J connectivity index is 2.10. The zero-order valence-corrected chi connectivity index (χ0v) is 27.6. The average Bonchev–Trinajstić information content (AvgIpc) is 2.85. The van der Waals surface area contributed by atoms with Crippen molar-refractivity contribution in [3.05, 3.63) is 118 Å². The Bertz CT molecular complexity index is 1110. The predicted molar refractivity (Wildman–Crippen MR) is 145 cm³/mol. The van der Waals surface area contributed by atoms with Gasteiger partial charge in [0.15, 0.2) is 0 Å². The first kappa shape index (κ1) is 27.5. The van der Waals surface area contributed by atoms with Crippen molar-refractivity contribution in [1.82, 2.24) is 10.2 Å². The quantitative estimate of drug-likeness (QED) is 0.153. The summed E-state index contributed by atoms with van der Waals surface area (Å²) in [5.41, 5.74) is 6.03. The third-order valence-electron chi connectivity index (χ3n) is 5.89. The number of aliphatic imine (C=N–C) groups is 1. The third-order valence-corrected chi connectivity index (χ3v) is 7.97. The maximum absolute atomic E-state index is 11.7. The summed E-state index contributed by atoms with van der Waals surface area (Å²) >= 11 is 3.91. The van der Waals surface area contributed by atoms with E-state index in [-0.39, 0.29) is 37.9 Å². The molecule has 2 aromatic rings. The first-order valence-corrected chi connectivity index (χ1v) is 15.3. The van der Waals surface area contributed by atoms with E-state index in [0.29, 0.717) is 0 Å². The molecule has 0 saturated heterocycles. The van der Waals surface area contributed by atoms with E-state index in [9.17, 15) is 4.79 Å². The molecule has 177 valence electrons. The molecule has 1 aliphatic rings. The first-order valence-electron chi connectivity index (χ1n) is 11.8. The van der Waals surface area contributed by atoms with Crippen LogP contribution in [0.4, 0.5) is 0 Å². The predicted octanol–water partition coefficient (Wildman–Crippen LogP) is 6.23. The van der Waals surface area contributed by atoms with Crippen molar-refractivity contribution in [2.45, 2.75) is 26.2 Å². The van der Waals surface area contributed by atoms with E-state index in [2.05, 4.69) is 99.5 Å². The van der Waals surface area contributed by atoms with Crippen molar-refractivity contribution in [2.24, 2.45) is 4.99 Å².